The normalized spacial score (nSPS) is 13.6. The molecule has 4 rings (SSSR count). The first-order valence-corrected chi connectivity index (χ1v) is 10.8. The summed E-state index contributed by atoms with van der Waals surface area (Å²) in [6.07, 6.45) is 4.86. The summed E-state index contributed by atoms with van der Waals surface area (Å²) in [5.41, 5.74) is 4.02. The van der Waals surface area contributed by atoms with Gasteiger partial charge in [-0.05, 0) is 40.0 Å². The molecule has 0 spiro atoms. The zero-order chi connectivity index (χ0) is 20.7. The van der Waals surface area contributed by atoms with Gasteiger partial charge in [0.25, 0.3) is 0 Å². The van der Waals surface area contributed by atoms with Gasteiger partial charge in [0.15, 0.2) is 16.6 Å². The predicted octanol–water partition coefficient (Wildman–Crippen LogP) is 2.92. The molecule has 0 aliphatic carbocycles. The second-order valence-electron chi connectivity index (χ2n) is 6.22. The van der Waals surface area contributed by atoms with Gasteiger partial charge < -0.3 is 13.5 Å². The zero-order valence-electron chi connectivity index (χ0n) is 14.9. The second-order valence-corrected chi connectivity index (χ2v) is 9.45. The fourth-order valence-corrected chi connectivity index (χ4v) is 3.38. The molecule has 0 amide bonds. The molecule has 1 aromatic carbocycles. The Bertz CT molecular complexity index is 1300. The van der Waals surface area contributed by atoms with Gasteiger partial charge in [-0.25, -0.2) is 14.6 Å². The fraction of sp³-hybridized carbons (Fsp3) is 0.0588. The fourth-order valence-electron chi connectivity index (χ4n) is 2.54. The average molecular weight is 434 g/mol. The SMILES string of the molecule is CS(=O)([O-])(O)c1ccc(/C=N/Nc2ncnc3c2cnn3-c2cccc(Cl)c2)o1. The number of aromatic nitrogens is 4. The summed E-state index contributed by atoms with van der Waals surface area (Å²) in [5.74, 6) is 0.507. The number of hydrazone groups is 1. The Hall–Kier alpha value is -3.12. The number of benzene rings is 1. The van der Waals surface area contributed by atoms with E-state index < -0.39 is 14.7 Å². The van der Waals surface area contributed by atoms with Gasteiger partial charge in [-0.2, -0.15) is 10.2 Å². The van der Waals surface area contributed by atoms with Gasteiger partial charge in [0, 0.05) is 11.3 Å². The summed E-state index contributed by atoms with van der Waals surface area (Å²) < 4.78 is 39.3. The van der Waals surface area contributed by atoms with Crippen LogP contribution in [-0.4, -0.2) is 45.5 Å². The molecule has 0 saturated heterocycles. The van der Waals surface area contributed by atoms with Crippen LogP contribution in [-0.2, 0) is 9.63 Å². The van der Waals surface area contributed by atoms with E-state index in [2.05, 4.69) is 25.6 Å². The molecule has 0 radical (unpaired) electrons. The Labute approximate surface area is 169 Å². The molecule has 0 atom stereocenters. The maximum atomic E-state index is 11.6. The largest absolute Gasteiger partial charge is 0.764 e. The average Bonchev–Trinajstić information content (AvgIpc) is 3.28. The molecule has 0 bridgehead atoms. The molecule has 150 valence electrons. The number of sulfone groups is 1. The van der Waals surface area contributed by atoms with Crippen LogP contribution in [0.25, 0.3) is 16.7 Å². The summed E-state index contributed by atoms with van der Waals surface area (Å²) in [7, 11) is -5.19. The summed E-state index contributed by atoms with van der Waals surface area (Å²) in [4.78, 5) is 8.39. The van der Waals surface area contributed by atoms with Crippen molar-refractivity contribution in [2.24, 2.45) is 5.10 Å². The Morgan fingerprint density at radius 2 is 2.17 bits per heavy atom. The summed E-state index contributed by atoms with van der Waals surface area (Å²) in [6, 6.07) is 9.67. The van der Waals surface area contributed by atoms with Crippen molar-refractivity contribution < 1.29 is 17.7 Å². The third-order valence-electron chi connectivity index (χ3n) is 3.84. The van der Waals surface area contributed by atoms with Crippen LogP contribution in [0, 0.1) is 0 Å². The number of nitrogens with one attached hydrogen (secondary N) is 1. The van der Waals surface area contributed by atoms with Crippen molar-refractivity contribution >= 4 is 44.3 Å². The molecule has 2 N–H and O–H groups in total. The molecule has 3 heterocycles. The van der Waals surface area contributed by atoms with Crippen LogP contribution in [0.2, 0.25) is 5.02 Å². The third kappa shape index (κ3) is 4.03. The van der Waals surface area contributed by atoms with Crippen molar-refractivity contribution in [2.45, 2.75) is 5.09 Å². The number of fused-ring (bicyclic) bond motifs is 1. The van der Waals surface area contributed by atoms with Crippen LogP contribution >= 0.6 is 11.6 Å². The molecule has 0 aliphatic rings. The van der Waals surface area contributed by atoms with Gasteiger partial charge in [0.05, 0.1) is 23.5 Å². The molecule has 29 heavy (non-hydrogen) atoms. The Morgan fingerprint density at radius 3 is 2.90 bits per heavy atom. The number of furan rings is 1. The first-order chi connectivity index (χ1) is 13.7. The van der Waals surface area contributed by atoms with Crippen LogP contribution < -0.4 is 5.43 Å². The molecule has 0 saturated carbocycles. The number of nitrogens with zero attached hydrogens (tertiary/aromatic N) is 5. The van der Waals surface area contributed by atoms with Crippen molar-refractivity contribution in [2.75, 3.05) is 11.7 Å². The van der Waals surface area contributed by atoms with Crippen molar-refractivity contribution in [3.8, 4) is 5.69 Å². The van der Waals surface area contributed by atoms with E-state index in [9.17, 15) is 13.3 Å². The van der Waals surface area contributed by atoms with Crippen molar-refractivity contribution in [3.05, 3.63) is 59.7 Å². The number of hydrogen-bond donors (Lipinski definition) is 2. The topological polar surface area (TPSA) is 141 Å². The lowest BCUT2D eigenvalue weighted by Crippen LogP contribution is -2.28. The van der Waals surface area contributed by atoms with Gasteiger partial charge in [0.1, 0.15) is 12.1 Å². The predicted molar refractivity (Wildman–Crippen MR) is 107 cm³/mol. The minimum absolute atomic E-state index is 0.123. The van der Waals surface area contributed by atoms with E-state index in [0.29, 0.717) is 28.1 Å². The lowest BCUT2D eigenvalue weighted by atomic mass is 10.3. The number of hydrogen-bond acceptors (Lipinski definition) is 8. The van der Waals surface area contributed by atoms with E-state index >= 15 is 0 Å². The van der Waals surface area contributed by atoms with E-state index in [0.717, 1.165) is 11.8 Å². The third-order valence-corrected chi connectivity index (χ3v) is 5.20. The minimum Gasteiger partial charge on any atom is -0.764 e. The minimum atomic E-state index is -5.19. The smallest absolute Gasteiger partial charge is 0.179 e. The van der Waals surface area contributed by atoms with Crippen LogP contribution in [0.3, 0.4) is 0 Å². The first kappa shape index (κ1) is 19.2. The summed E-state index contributed by atoms with van der Waals surface area (Å²) in [5, 5.41) is 8.93. The van der Waals surface area contributed by atoms with E-state index in [4.69, 9.17) is 16.0 Å². The molecule has 10 nitrogen and oxygen atoms in total. The molecule has 0 aliphatic heterocycles. The highest BCUT2D eigenvalue weighted by molar-refractivity contribution is 8.09. The lowest BCUT2D eigenvalue weighted by Gasteiger charge is -2.35. The highest BCUT2D eigenvalue weighted by atomic mass is 35.5. The molecular weight excluding hydrogens is 420 g/mol. The Morgan fingerprint density at radius 1 is 1.34 bits per heavy atom. The van der Waals surface area contributed by atoms with Gasteiger partial charge in [-0.15, -0.1) is 0 Å². The van der Waals surface area contributed by atoms with E-state index in [-0.39, 0.29) is 5.76 Å². The monoisotopic (exact) mass is 433 g/mol. The van der Waals surface area contributed by atoms with Gasteiger partial charge in [0.2, 0.25) is 0 Å². The van der Waals surface area contributed by atoms with Crippen molar-refractivity contribution in [1.82, 2.24) is 19.7 Å². The van der Waals surface area contributed by atoms with Gasteiger partial charge in [-0.1, -0.05) is 17.7 Å². The molecule has 3 aromatic heterocycles. The molecular formula is C17H14ClN6O4S-. The Kier molecular flexibility index (Phi) is 4.46. The lowest BCUT2D eigenvalue weighted by molar-refractivity contribution is 0.335. The maximum absolute atomic E-state index is 11.6. The number of rotatable bonds is 5. The summed E-state index contributed by atoms with van der Waals surface area (Å²) in [6.45, 7) is 0. The van der Waals surface area contributed by atoms with E-state index in [1.54, 1.807) is 29.1 Å². The van der Waals surface area contributed by atoms with Crippen molar-refractivity contribution in [1.29, 1.82) is 0 Å². The molecule has 0 fully saturated rings. The molecule has 12 heteroatoms. The summed E-state index contributed by atoms with van der Waals surface area (Å²) >= 11 is 6.04. The molecule has 4 aromatic rings. The van der Waals surface area contributed by atoms with Crippen LogP contribution in [0.15, 0.2) is 63.5 Å². The first-order valence-electron chi connectivity index (χ1n) is 8.14. The van der Waals surface area contributed by atoms with Gasteiger partial charge >= 0.3 is 0 Å². The number of anilines is 1. The van der Waals surface area contributed by atoms with E-state index in [1.165, 1.54) is 18.6 Å². The standard InChI is InChI=1S/C17H15ClN6O4S/c1-29(25,26,27)15-6-5-13(28-15)8-21-23-16-14-9-22-24(17(14)20-10-19-16)12-4-2-3-11(18)7-12/h2-10H,1H3,(H,19,20,23)(H2,25,26,27)/p-1/b21-8+. The quantitative estimate of drug-likeness (QED) is 0.361. The van der Waals surface area contributed by atoms with Gasteiger partial charge in [-0.3, -0.25) is 9.63 Å². The van der Waals surface area contributed by atoms with Crippen LogP contribution in [0.1, 0.15) is 5.76 Å². The highest BCUT2D eigenvalue weighted by Gasteiger charge is 2.20. The second kappa shape index (κ2) is 6.74. The number of halogens is 1. The van der Waals surface area contributed by atoms with E-state index in [1.807, 2.05) is 6.07 Å². The maximum Gasteiger partial charge on any atom is 0.179 e. The Balaban J connectivity index is 1.60. The highest BCUT2D eigenvalue weighted by Crippen LogP contribution is 2.26. The zero-order valence-corrected chi connectivity index (χ0v) is 16.5. The van der Waals surface area contributed by atoms with Crippen LogP contribution in [0.5, 0.6) is 0 Å². The molecule has 0 unspecified atom stereocenters. The van der Waals surface area contributed by atoms with Crippen LogP contribution in [0.4, 0.5) is 5.82 Å². The van der Waals surface area contributed by atoms with Crippen molar-refractivity contribution in [3.63, 3.8) is 0 Å².